The van der Waals surface area contributed by atoms with E-state index in [1.165, 1.54) is 11.3 Å². The Balaban J connectivity index is 2.25. The third kappa shape index (κ3) is 2.24. The molecule has 2 rings (SSSR count). The monoisotopic (exact) mass is 239 g/mol. The lowest BCUT2D eigenvalue weighted by atomic mass is 10.3. The summed E-state index contributed by atoms with van der Waals surface area (Å²) in [4.78, 5) is 4.32. The van der Waals surface area contributed by atoms with Crippen molar-refractivity contribution in [1.29, 1.82) is 0 Å². The van der Waals surface area contributed by atoms with Crippen LogP contribution in [0.3, 0.4) is 0 Å². The van der Waals surface area contributed by atoms with Crippen LogP contribution in [0.25, 0.3) is 10.2 Å². The lowest BCUT2D eigenvalue weighted by Gasteiger charge is -2.11. The van der Waals surface area contributed by atoms with Gasteiger partial charge in [0.2, 0.25) is 0 Å². The van der Waals surface area contributed by atoms with Crippen molar-refractivity contribution in [3.63, 3.8) is 0 Å². The minimum atomic E-state index is -0.377. The second-order valence-corrected chi connectivity index (χ2v) is 4.48. The van der Waals surface area contributed by atoms with Crippen LogP contribution < -0.4 is 11.1 Å². The van der Waals surface area contributed by atoms with Crippen LogP contribution in [0.4, 0.5) is 10.8 Å². The zero-order valence-electron chi connectivity index (χ0n) is 8.55. The molecule has 0 radical (unpaired) electrons. The molecular formula is C10H13N3O2S. The van der Waals surface area contributed by atoms with E-state index >= 15 is 0 Å². The first-order valence-corrected chi connectivity index (χ1v) is 5.69. The van der Waals surface area contributed by atoms with Crippen molar-refractivity contribution in [2.45, 2.75) is 6.04 Å². The number of nitrogens with two attached hydrogens (primary N) is 1. The molecule has 0 aliphatic rings. The third-order valence-corrected chi connectivity index (χ3v) is 3.13. The number of rotatable bonds is 4. The third-order valence-electron chi connectivity index (χ3n) is 2.18. The summed E-state index contributed by atoms with van der Waals surface area (Å²) in [5.74, 6) is 0. The quantitative estimate of drug-likeness (QED) is 0.588. The van der Waals surface area contributed by atoms with Crippen molar-refractivity contribution in [2.24, 2.45) is 0 Å². The normalized spacial score (nSPS) is 11.2. The molecule has 0 amide bonds. The fourth-order valence-electron chi connectivity index (χ4n) is 1.33. The molecule has 0 unspecified atom stereocenters. The lowest BCUT2D eigenvalue weighted by molar-refractivity contribution is 0.204. The maximum Gasteiger partial charge on any atom is 0.184 e. The first-order valence-electron chi connectivity index (χ1n) is 4.87. The van der Waals surface area contributed by atoms with Gasteiger partial charge in [-0.2, -0.15) is 0 Å². The number of aliphatic hydroxyl groups is 2. The standard InChI is InChI=1S/C10H13N3O2S/c11-6-1-2-8-9(3-6)16-10(13-8)12-7(4-14)5-15/h1-3,7,14-15H,4-5,11H2,(H,12,13). The van der Waals surface area contributed by atoms with Crippen LogP contribution in [-0.2, 0) is 0 Å². The highest BCUT2D eigenvalue weighted by Crippen LogP contribution is 2.27. The summed E-state index contributed by atoms with van der Waals surface area (Å²) < 4.78 is 0.983. The number of fused-ring (bicyclic) bond motifs is 1. The van der Waals surface area contributed by atoms with Crippen molar-refractivity contribution in [3.05, 3.63) is 18.2 Å². The van der Waals surface area contributed by atoms with Gasteiger partial charge in [0.05, 0.1) is 29.5 Å². The Kier molecular flexibility index (Phi) is 3.23. The molecule has 1 aromatic carbocycles. The van der Waals surface area contributed by atoms with E-state index in [0.29, 0.717) is 10.8 Å². The van der Waals surface area contributed by atoms with Crippen LogP contribution >= 0.6 is 11.3 Å². The van der Waals surface area contributed by atoms with Crippen LogP contribution in [0.1, 0.15) is 0 Å². The van der Waals surface area contributed by atoms with Crippen molar-refractivity contribution < 1.29 is 10.2 Å². The van der Waals surface area contributed by atoms with Crippen LogP contribution in [0.2, 0.25) is 0 Å². The zero-order chi connectivity index (χ0) is 11.5. The maximum absolute atomic E-state index is 8.94. The Hall–Kier alpha value is -1.37. The summed E-state index contributed by atoms with van der Waals surface area (Å²) in [6.45, 7) is -0.261. The number of benzene rings is 1. The zero-order valence-corrected chi connectivity index (χ0v) is 9.37. The molecule has 6 heteroatoms. The molecule has 0 saturated carbocycles. The Bertz CT molecular complexity index is 482. The predicted octanol–water partition coefficient (Wildman–Crippen LogP) is 0.644. The Morgan fingerprint density at radius 1 is 1.38 bits per heavy atom. The summed E-state index contributed by atoms with van der Waals surface area (Å²) in [7, 11) is 0. The van der Waals surface area contributed by atoms with Gasteiger partial charge >= 0.3 is 0 Å². The van der Waals surface area contributed by atoms with Gasteiger partial charge in [-0.25, -0.2) is 4.98 Å². The van der Waals surface area contributed by atoms with Crippen molar-refractivity contribution >= 4 is 32.4 Å². The number of aromatic nitrogens is 1. The molecular weight excluding hydrogens is 226 g/mol. The van der Waals surface area contributed by atoms with Gasteiger partial charge < -0.3 is 21.3 Å². The molecule has 16 heavy (non-hydrogen) atoms. The summed E-state index contributed by atoms with van der Waals surface area (Å²) in [5, 5.41) is 21.5. The average molecular weight is 239 g/mol. The van der Waals surface area contributed by atoms with Gasteiger partial charge in [0.1, 0.15) is 0 Å². The van der Waals surface area contributed by atoms with E-state index in [4.69, 9.17) is 15.9 Å². The minimum absolute atomic E-state index is 0.130. The number of aliphatic hydroxyl groups excluding tert-OH is 2. The van der Waals surface area contributed by atoms with Crippen molar-refractivity contribution in [2.75, 3.05) is 24.3 Å². The molecule has 0 atom stereocenters. The Morgan fingerprint density at radius 2 is 2.12 bits per heavy atom. The summed E-state index contributed by atoms with van der Waals surface area (Å²) >= 11 is 1.45. The lowest BCUT2D eigenvalue weighted by Crippen LogP contribution is -2.27. The van der Waals surface area contributed by atoms with E-state index in [0.717, 1.165) is 10.2 Å². The molecule has 0 spiro atoms. The smallest absolute Gasteiger partial charge is 0.184 e. The molecule has 0 aliphatic carbocycles. The van der Waals surface area contributed by atoms with E-state index in [9.17, 15) is 0 Å². The fraction of sp³-hybridized carbons (Fsp3) is 0.300. The number of nitrogen functional groups attached to an aromatic ring is 1. The molecule has 5 nitrogen and oxygen atoms in total. The second-order valence-electron chi connectivity index (χ2n) is 3.45. The summed E-state index contributed by atoms with van der Waals surface area (Å²) in [6, 6.07) is 5.11. The second kappa shape index (κ2) is 4.65. The average Bonchev–Trinajstić information content (AvgIpc) is 2.67. The van der Waals surface area contributed by atoms with Gasteiger partial charge in [0.15, 0.2) is 5.13 Å². The predicted molar refractivity (Wildman–Crippen MR) is 65.6 cm³/mol. The molecule has 1 aromatic heterocycles. The van der Waals surface area contributed by atoms with Crippen LogP contribution in [0.15, 0.2) is 18.2 Å². The highest BCUT2D eigenvalue weighted by atomic mass is 32.1. The van der Waals surface area contributed by atoms with Gasteiger partial charge in [0.25, 0.3) is 0 Å². The molecule has 0 fully saturated rings. The molecule has 5 N–H and O–H groups in total. The Labute approximate surface area is 96.5 Å². The van der Waals surface area contributed by atoms with Crippen LogP contribution in [0, 0.1) is 0 Å². The van der Waals surface area contributed by atoms with Gasteiger partial charge in [-0.1, -0.05) is 11.3 Å². The van der Waals surface area contributed by atoms with Crippen LogP contribution in [-0.4, -0.2) is 34.5 Å². The molecule has 0 bridgehead atoms. The number of thiazole rings is 1. The molecule has 2 aromatic rings. The molecule has 86 valence electrons. The van der Waals surface area contributed by atoms with E-state index < -0.39 is 0 Å². The van der Waals surface area contributed by atoms with Gasteiger partial charge in [-0.05, 0) is 18.2 Å². The molecule has 0 aliphatic heterocycles. The number of anilines is 2. The highest BCUT2D eigenvalue weighted by Gasteiger charge is 2.09. The van der Waals surface area contributed by atoms with Crippen molar-refractivity contribution in [3.8, 4) is 0 Å². The first kappa shape index (κ1) is 11.1. The van der Waals surface area contributed by atoms with Gasteiger partial charge in [-0.15, -0.1) is 0 Å². The van der Waals surface area contributed by atoms with E-state index in [-0.39, 0.29) is 19.3 Å². The summed E-state index contributed by atoms with van der Waals surface area (Å²) in [5.41, 5.74) is 7.22. The van der Waals surface area contributed by atoms with Gasteiger partial charge in [-0.3, -0.25) is 0 Å². The van der Waals surface area contributed by atoms with Crippen molar-refractivity contribution in [1.82, 2.24) is 4.98 Å². The molecule has 0 saturated heterocycles. The number of hydrogen-bond acceptors (Lipinski definition) is 6. The first-order chi connectivity index (χ1) is 7.72. The largest absolute Gasteiger partial charge is 0.399 e. The Morgan fingerprint density at radius 3 is 2.81 bits per heavy atom. The number of nitrogens with zero attached hydrogens (tertiary/aromatic N) is 1. The number of hydrogen-bond donors (Lipinski definition) is 4. The van der Waals surface area contributed by atoms with E-state index in [1.54, 1.807) is 6.07 Å². The fourth-order valence-corrected chi connectivity index (χ4v) is 2.32. The SMILES string of the molecule is Nc1ccc2nc(NC(CO)CO)sc2c1. The van der Waals surface area contributed by atoms with Gasteiger partial charge in [0, 0.05) is 5.69 Å². The minimum Gasteiger partial charge on any atom is -0.399 e. The van der Waals surface area contributed by atoms with E-state index in [1.807, 2.05) is 12.1 Å². The van der Waals surface area contributed by atoms with E-state index in [2.05, 4.69) is 10.3 Å². The summed E-state index contributed by atoms with van der Waals surface area (Å²) in [6.07, 6.45) is 0. The molecule has 1 heterocycles. The van der Waals surface area contributed by atoms with Crippen LogP contribution in [0.5, 0.6) is 0 Å². The maximum atomic E-state index is 8.94. The highest BCUT2D eigenvalue weighted by molar-refractivity contribution is 7.22. The topological polar surface area (TPSA) is 91.4 Å². The number of nitrogens with one attached hydrogen (secondary N) is 1.